The molecule has 2 N–H and O–H groups in total. The fraction of sp³-hybridized carbons (Fsp3) is 0.280. The molecular formula is C25H26N2O3S. The summed E-state index contributed by atoms with van der Waals surface area (Å²) in [4.78, 5) is 28.3. The van der Waals surface area contributed by atoms with Gasteiger partial charge in [0.2, 0.25) is 5.91 Å². The summed E-state index contributed by atoms with van der Waals surface area (Å²) in [7, 11) is 0. The van der Waals surface area contributed by atoms with Gasteiger partial charge in [-0.15, -0.1) is 11.3 Å². The van der Waals surface area contributed by atoms with Crippen LogP contribution >= 0.6 is 11.3 Å². The monoisotopic (exact) mass is 434 g/mol. The third kappa shape index (κ3) is 4.86. The minimum atomic E-state index is -1.22. The van der Waals surface area contributed by atoms with Crippen molar-refractivity contribution < 1.29 is 14.3 Å². The second-order valence-corrected chi connectivity index (χ2v) is 8.98. The lowest BCUT2D eigenvalue weighted by Crippen LogP contribution is -2.61. The highest BCUT2D eigenvalue weighted by molar-refractivity contribution is 7.13. The number of aryl methyl sites for hydroxylation is 1. The van der Waals surface area contributed by atoms with E-state index in [0.717, 1.165) is 22.3 Å². The maximum absolute atomic E-state index is 12.9. The van der Waals surface area contributed by atoms with Crippen molar-refractivity contribution in [1.29, 1.82) is 0 Å². The van der Waals surface area contributed by atoms with Crippen molar-refractivity contribution in [3.8, 4) is 10.4 Å². The SMILES string of the molecule is Cc1ccc(CC(=O)N2CCO[C@](Cc3ccc(-c4cccs4)cc3)(C(N)=O)C2)cc1. The first-order valence-corrected chi connectivity index (χ1v) is 11.2. The van der Waals surface area contributed by atoms with Gasteiger partial charge in [0, 0.05) is 17.8 Å². The Morgan fingerprint density at radius 3 is 2.42 bits per heavy atom. The van der Waals surface area contributed by atoms with Crippen molar-refractivity contribution in [2.75, 3.05) is 19.7 Å². The van der Waals surface area contributed by atoms with Crippen LogP contribution < -0.4 is 5.73 Å². The second-order valence-electron chi connectivity index (χ2n) is 8.04. The molecule has 1 atom stereocenters. The van der Waals surface area contributed by atoms with E-state index < -0.39 is 11.5 Å². The third-order valence-corrected chi connectivity index (χ3v) is 6.63. The first-order chi connectivity index (χ1) is 14.9. The van der Waals surface area contributed by atoms with E-state index >= 15 is 0 Å². The zero-order chi connectivity index (χ0) is 21.8. The van der Waals surface area contributed by atoms with Crippen LogP contribution in [0.1, 0.15) is 16.7 Å². The van der Waals surface area contributed by atoms with Crippen LogP contribution in [0.2, 0.25) is 0 Å². The highest BCUT2D eigenvalue weighted by Gasteiger charge is 2.43. The van der Waals surface area contributed by atoms with Gasteiger partial charge in [-0.3, -0.25) is 9.59 Å². The van der Waals surface area contributed by atoms with Crippen molar-refractivity contribution in [2.24, 2.45) is 5.73 Å². The Labute approximate surface area is 186 Å². The summed E-state index contributed by atoms with van der Waals surface area (Å²) in [6.07, 6.45) is 0.631. The smallest absolute Gasteiger partial charge is 0.251 e. The number of ether oxygens (including phenoxy) is 1. The number of thiophene rings is 1. The van der Waals surface area contributed by atoms with Crippen LogP contribution in [0.3, 0.4) is 0 Å². The fourth-order valence-electron chi connectivity index (χ4n) is 3.89. The third-order valence-electron chi connectivity index (χ3n) is 5.71. The number of nitrogens with zero attached hydrogens (tertiary/aromatic N) is 1. The molecular weight excluding hydrogens is 408 g/mol. The van der Waals surface area contributed by atoms with Crippen LogP contribution in [0.4, 0.5) is 0 Å². The number of benzene rings is 2. The molecule has 4 rings (SSSR count). The molecule has 5 nitrogen and oxygen atoms in total. The van der Waals surface area contributed by atoms with Crippen molar-refractivity contribution in [1.82, 2.24) is 4.90 Å². The molecule has 2 aromatic carbocycles. The van der Waals surface area contributed by atoms with E-state index in [0.29, 0.717) is 19.4 Å². The molecule has 6 heteroatoms. The maximum atomic E-state index is 12.9. The average molecular weight is 435 g/mol. The number of hydrogen-bond donors (Lipinski definition) is 1. The summed E-state index contributed by atoms with van der Waals surface area (Å²) in [5.74, 6) is -0.562. The topological polar surface area (TPSA) is 72.6 Å². The molecule has 31 heavy (non-hydrogen) atoms. The van der Waals surface area contributed by atoms with Crippen molar-refractivity contribution in [3.05, 3.63) is 82.7 Å². The van der Waals surface area contributed by atoms with E-state index in [-0.39, 0.29) is 19.1 Å². The van der Waals surface area contributed by atoms with E-state index in [9.17, 15) is 9.59 Å². The zero-order valence-corrected chi connectivity index (χ0v) is 18.4. The minimum absolute atomic E-state index is 0.0224. The molecule has 1 saturated heterocycles. The summed E-state index contributed by atoms with van der Waals surface area (Å²) in [5, 5.41) is 2.05. The van der Waals surface area contributed by atoms with Crippen LogP contribution in [0, 0.1) is 6.92 Å². The van der Waals surface area contributed by atoms with E-state index in [4.69, 9.17) is 10.5 Å². The average Bonchev–Trinajstić information content (AvgIpc) is 3.31. The number of amides is 2. The molecule has 0 bridgehead atoms. The summed E-state index contributed by atoms with van der Waals surface area (Å²) in [6.45, 7) is 2.92. The van der Waals surface area contributed by atoms with Gasteiger partial charge in [0.25, 0.3) is 5.91 Å². The van der Waals surface area contributed by atoms with Crippen LogP contribution in [-0.4, -0.2) is 42.0 Å². The number of morpholine rings is 1. The Morgan fingerprint density at radius 2 is 1.77 bits per heavy atom. The van der Waals surface area contributed by atoms with Gasteiger partial charge in [-0.05, 0) is 35.1 Å². The molecule has 0 aliphatic carbocycles. The van der Waals surface area contributed by atoms with Gasteiger partial charge in [0.15, 0.2) is 5.60 Å². The highest BCUT2D eigenvalue weighted by atomic mass is 32.1. The summed E-state index contributed by atoms with van der Waals surface area (Å²) >= 11 is 1.68. The van der Waals surface area contributed by atoms with Crippen LogP contribution in [0.15, 0.2) is 66.0 Å². The lowest BCUT2D eigenvalue weighted by Gasteiger charge is -2.41. The van der Waals surface area contributed by atoms with Gasteiger partial charge in [0.05, 0.1) is 19.6 Å². The van der Waals surface area contributed by atoms with E-state index in [2.05, 4.69) is 6.07 Å². The Hall–Kier alpha value is -2.96. The molecule has 0 spiro atoms. The number of primary amides is 1. The van der Waals surface area contributed by atoms with Gasteiger partial charge >= 0.3 is 0 Å². The molecule has 3 aromatic rings. The number of nitrogens with two attached hydrogens (primary N) is 1. The van der Waals surface area contributed by atoms with Gasteiger partial charge in [0.1, 0.15) is 0 Å². The Balaban J connectivity index is 1.48. The molecule has 1 aromatic heterocycles. The molecule has 160 valence electrons. The Bertz CT molecular complexity index is 1050. The quantitative estimate of drug-likeness (QED) is 0.644. The number of rotatable bonds is 6. The predicted molar refractivity (Wildman–Crippen MR) is 123 cm³/mol. The van der Waals surface area contributed by atoms with Gasteiger partial charge in [-0.2, -0.15) is 0 Å². The van der Waals surface area contributed by atoms with E-state index in [1.807, 2.05) is 66.9 Å². The van der Waals surface area contributed by atoms with Crippen molar-refractivity contribution >= 4 is 23.2 Å². The lowest BCUT2D eigenvalue weighted by atomic mass is 9.91. The van der Waals surface area contributed by atoms with Gasteiger partial charge in [-0.25, -0.2) is 0 Å². The zero-order valence-electron chi connectivity index (χ0n) is 17.5. The Morgan fingerprint density at radius 1 is 1.06 bits per heavy atom. The maximum Gasteiger partial charge on any atom is 0.251 e. The molecule has 0 unspecified atom stereocenters. The Kier molecular flexibility index (Phi) is 6.20. The van der Waals surface area contributed by atoms with Crippen LogP contribution in [0.25, 0.3) is 10.4 Å². The van der Waals surface area contributed by atoms with E-state index in [1.165, 1.54) is 4.88 Å². The van der Waals surface area contributed by atoms with Crippen LogP contribution in [-0.2, 0) is 27.2 Å². The van der Waals surface area contributed by atoms with E-state index in [1.54, 1.807) is 16.2 Å². The van der Waals surface area contributed by atoms with Crippen molar-refractivity contribution in [3.63, 3.8) is 0 Å². The normalized spacial score (nSPS) is 18.7. The predicted octanol–water partition coefficient (Wildman–Crippen LogP) is 3.59. The molecule has 0 radical (unpaired) electrons. The largest absolute Gasteiger partial charge is 0.367 e. The van der Waals surface area contributed by atoms with Gasteiger partial charge in [-0.1, -0.05) is 60.2 Å². The lowest BCUT2D eigenvalue weighted by molar-refractivity contribution is -0.163. The standard InChI is InChI=1S/C25H26N2O3S/c1-18-4-6-19(7-5-18)15-23(28)27-12-13-30-25(17-27,24(26)29)16-20-8-10-21(11-9-20)22-3-2-14-31-22/h2-11,14H,12-13,15-17H2,1H3,(H2,26,29)/t25-/m0/s1. The summed E-state index contributed by atoms with van der Waals surface area (Å²) in [6, 6.07) is 20.1. The summed E-state index contributed by atoms with van der Waals surface area (Å²) in [5.41, 5.74) is 8.76. The van der Waals surface area contributed by atoms with Gasteiger partial charge < -0.3 is 15.4 Å². The molecule has 2 amide bonds. The summed E-state index contributed by atoms with van der Waals surface area (Å²) < 4.78 is 5.91. The first kappa shape index (κ1) is 21.3. The molecule has 1 fully saturated rings. The number of carbonyl (C=O) groups excluding carboxylic acids is 2. The second kappa shape index (κ2) is 9.04. The van der Waals surface area contributed by atoms with Crippen LogP contribution in [0.5, 0.6) is 0 Å². The highest BCUT2D eigenvalue weighted by Crippen LogP contribution is 2.28. The van der Waals surface area contributed by atoms with Crippen molar-refractivity contribution in [2.45, 2.75) is 25.4 Å². The molecule has 1 aliphatic rings. The molecule has 2 heterocycles. The molecule has 1 aliphatic heterocycles. The first-order valence-electron chi connectivity index (χ1n) is 10.4. The minimum Gasteiger partial charge on any atom is -0.367 e. The number of hydrogen-bond acceptors (Lipinski definition) is 4. The fourth-order valence-corrected chi connectivity index (χ4v) is 4.62. The number of carbonyl (C=O) groups is 2. The molecule has 0 saturated carbocycles.